The van der Waals surface area contributed by atoms with E-state index in [0.717, 1.165) is 31.4 Å². The highest BCUT2D eigenvalue weighted by Crippen LogP contribution is 2.35. The monoisotopic (exact) mass is 445 g/mol. The van der Waals surface area contributed by atoms with Crippen molar-refractivity contribution in [2.75, 3.05) is 11.9 Å². The minimum Gasteiger partial charge on any atom is -0.492 e. The molecule has 1 heterocycles. The van der Waals surface area contributed by atoms with Gasteiger partial charge in [0.1, 0.15) is 10.8 Å². The molecule has 0 unspecified atom stereocenters. The van der Waals surface area contributed by atoms with Gasteiger partial charge in [-0.05, 0) is 53.4 Å². The Balaban J connectivity index is 1.80. The van der Waals surface area contributed by atoms with E-state index >= 15 is 0 Å². The number of nitrogens with zero attached hydrogens (tertiary/aromatic N) is 2. The number of rotatable bonds is 7. The van der Waals surface area contributed by atoms with Crippen LogP contribution >= 0.6 is 38.9 Å². The number of carbonyl (C=O) groups is 1. The molecule has 1 amide bonds. The van der Waals surface area contributed by atoms with Crippen LogP contribution < -0.4 is 10.1 Å². The molecule has 5 nitrogen and oxygen atoms in total. The van der Waals surface area contributed by atoms with E-state index in [-0.39, 0.29) is 5.91 Å². The molecule has 1 aromatic heterocycles. The Morgan fingerprint density at radius 1 is 1.40 bits per heavy atom. The van der Waals surface area contributed by atoms with E-state index in [9.17, 15) is 4.79 Å². The molecule has 0 spiro atoms. The molecule has 0 bridgehead atoms. The number of aromatic nitrogens is 2. The maximum absolute atomic E-state index is 12.0. The minimum absolute atomic E-state index is 0.0856. The second-order valence-corrected chi connectivity index (χ2v) is 8.22. The van der Waals surface area contributed by atoms with Gasteiger partial charge in [-0.15, -0.1) is 10.2 Å². The molecule has 0 saturated carbocycles. The molecule has 0 aliphatic rings. The fraction of sp³-hybridized carbons (Fsp3) is 0.471. The van der Waals surface area contributed by atoms with Gasteiger partial charge < -0.3 is 10.1 Å². The van der Waals surface area contributed by atoms with Crippen molar-refractivity contribution in [2.45, 2.75) is 46.5 Å². The normalized spacial score (nSPS) is 11.0. The first-order chi connectivity index (χ1) is 11.8. The minimum atomic E-state index is -0.0856. The lowest BCUT2D eigenvalue weighted by molar-refractivity contribution is -0.116. The summed E-state index contributed by atoms with van der Waals surface area (Å²) in [5.74, 6) is 0.962. The van der Waals surface area contributed by atoms with Crippen LogP contribution in [0.1, 0.15) is 48.7 Å². The summed E-state index contributed by atoms with van der Waals surface area (Å²) in [6.45, 7) is 8.41. The Morgan fingerprint density at radius 2 is 2.12 bits per heavy atom. The van der Waals surface area contributed by atoms with Gasteiger partial charge in [0.05, 0.1) is 11.1 Å². The summed E-state index contributed by atoms with van der Waals surface area (Å²) in [5.41, 5.74) is 1.92. The van der Waals surface area contributed by atoms with Crippen molar-refractivity contribution in [1.82, 2.24) is 10.2 Å². The van der Waals surface area contributed by atoms with Crippen molar-refractivity contribution in [3.05, 3.63) is 31.7 Å². The Hall–Kier alpha value is -1.18. The van der Waals surface area contributed by atoms with Crippen molar-refractivity contribution in [3.63, 3.8) is 0 Å². The molecule has 0 radical (unpaired) electrons. The molecule has 0 fully saturated rings. The van der Waals surface area contributed by atoms with E-state index in [1.54, 1.807) is 0 Å². The SMILES string of the molecule is Cc1cc(OCCCC(=O)Nc2nnc(C(C)C)s2)c(Br)c(C)c1Cl. The zero-order chi connectivity index (χ0) is 18.6. The number of anilines is 1. The third-order valence-corrected chi connectivity index (χ3v) is 6.26. The summed E-state index contributed by atoms with van der Waals surface area (Å²) in [5, 5.41) is 13.0. The molecular weight excluding hydrogens is 426 g/mol. The first-order valence-corrected chi connectivity index (χ1v) is 9.99. The van der Waals surface area contributed by atoms with Crippen molar-refractivity contribution < 1.29 is 9.53 Å². The number of amides is 1. The molecule has 0 aliphatic heterocycles. The molecule has 1 aromatic carbocycles. The third-order valence-electron chi connectivity index (χ3n) is 3.56. The topological polar surface area (TPSA) is 64.1 Å². The zero-order valence-electron chi connectivity index (χ0n) is 14.7. The van der Waals surface area contributed by atoms with Gasteiger partial charge in [-0.25, -0.2) is 0 Å². The first kappa shape index (κ1) is 20.1. The van der Waals surface area contributed by atoms with Crippen LogP contribution in [0, 0.1) is 13.8 Å². The van der Waals surface area contributed by atoms with Gasteiger partial charge in [0.15, 0.2) is 0 Å². The molecular formula is C17H21BrClN3O2S. The number of hydrogen-bond donors (Lipinski definition) is 1. The van der Waals surface area contributed by atoms with Crippen LogP contribution in [0.5, 0.6) is 5.75 Å². The van der Waals surface area contributed by atoms with E-state index in [4.69, 9.17) is 16.3 Å². The van der Waals surface area contributed by atoms with Crippen LogP contribution in [0.25, 0.3) is 0 Å². The number of nitrogens with one attached hydrogen (secondary N) is 1. The Bertz CT molecular complexity index is 765. The van der Waals surface area contributed by atoms with Crippen LogP contribution in [0.15, 0.2) is 10.5 Å². The third kappa shape index (κ3) is 5.39. The largest absolute Gasteiger partial charge is 0.492 e. The van der Waals surface area contributed by atoms with Gasteiger partial charge in [-0.3, -0.25) is 4.79 Å². The molecule has 0 atom stereocenters. The molecule has 0 aliphatic carbocycles. The van der Waals surface area contributed by atoms with Crippen molar-refractivity contribution in [1.29, 1.82) is 0 Å². The second-order valence-electron chi connectivity index (χ2n) is 6.04. The van der Waals surface area contributed by atoms with Crippen LogP contribution in [0.2, 0.25) is 5.02 Å². The van der Waals surface area contributed by atoms with Crippen LogP contribution in [-0.2, 0) is 4.79 Å². The lowest BCUT2D eigenvalue weighted by atomic mass is 10.1. The van der Waals surface area contributed by atoms with E-state index < -0.39 is 0 Å². The number of ether oxygens (including phenoxy) is 1. The summed E-state index contributed by atoms with van der Waals surface area (Å²) < 4.78 is 6.63. The lowest BCUT2D eigenvalue weighted by Crippen LogP contribution is -2.12. The molecule has 1 N–H and O–H groups in total. The maximum atomic E-state index is 12.0. The van der Waals surface area contributed by atoms with Gasteiger partial charge in [0.25, 0.3) is 0 Å². The van der Waals surface area contributed by atoms with Crippen molar-refractivity contribution in [2.24, 2.45) is 0 Å². The number of aryl methyl sites for hydroxylation is 1. The van der Waals surface area contributed by atoms with Crippen molar-refractivity contribution >= 4 is 49.9 Å². The number of hydrogen-bond acceptors (Lipinski definition) is 5. The summed E-state index contributed by atoms with van der Waals surface area (Å²) in [7, 11) is 0. The summed E-state index contributed by atoms with van der Waals surface area (Å²) in [6, 6.07) is 1.90. The zero-order valence-corrected chi connectivity index (χ0v) is 17.8. The quantitative estimate of drug-likeness (QED) is 0.571. The molecule has 25 heavy (non-hydrogen) atoms. The van der Waals surface area contributed by atoms with Gasteiger partial charge in [0.2, 0.25) is 11.0 Å². The highest BCUT2D eigenvalue weighted by Gasteiger charge is 2.12. The number of halogens is 2. The molecule has 2 aromatic rings. The van der Waals surface area contributed by atoms with Crippen LogP contribution in [0.3, 0.4) is 0 Å². The average molecular weight is 447 g/mol. The Labute approximate surface area is 165 Å². The Morgan fingerprint density at radius 3 is 2.76 bits per heavy atom. The smallest absolute Gasteiger partial charge is 0.226 e. The molecule has 2 rings (SSSR count). The van der Waals surface area contributed by atoms with Gasteiger partial charge in [0, 0.05) is 17.4 Å². The molecule has 136 valence electrons. The van der Waals surface area contributed by atoms with Crippen LogP contribution in [-0.4, -0.2) is 22.7 Å². The van der Waals surface area contributed by atoms with Gasteiger partial charge >= 0.3 is 0 Å². The van der Waals surface area contributed by atoms with Crippen LogP contribution in [0.4, 0.5) is 5.13 Å². The van der Waals surface area contributed by atoms with Gasteiger partial charge in [-0.2, -0.15) is 0 Å². The molecule has 8 heteroatoms. The standard InChI is InChI=1S/C17H21BrClN3O2S/c1-9(2)16-21-22-17(25-16)20-13(23)6-5-7-24-12-8-10(3)15(19)11(4)14(12)18/h8-9H,5-7H2,1-4H3,(H,20,22,23). The highest BCUT2D eigenvalue weighted by atomic mass is 79.9. The summed E-state index contributed by atoms with van der Waals surface area (Å²) in [4.78, 5) is 12.0. The number of carbonyl (C=O) groups excluding carboxylic acids is 1. The fourth-order valence-corrected chi connectivity index (χ4v) is 3.57. The first-order valence-electron chi connectivity index (χ1n) is 8.00. The van der Waals surface area contributed by atoms with E-state index in [1.165, 1.54) is 11.3 Å². The lowest BCUT2D eigenvalue weighted by Gasteiger charge is -2.13. The van der Waals surface area contributed by atoms with E-state index in [2.05, 4.69) is 31.4 Å². The maximum Gasteiger partial charge on any atom is 0.226 e. The predicted octanol–water partition coefficient (Wildman–Crippen LogP) is 5.49. The van der Waals surface area contributed by atoms with Gasteiger partial charge in [-0.1, -0.05) is 36.8 Å². The van der Waals surface area contributed by atoms with Crippen molar-refractivity contribution in [3.8, 4) is 5.75 Å². The average Bonchev–Trinajstić information content (AvgIpc) is 3.02. The molecule has 0 saturated heterocycles. The predicted molar refractivity (Wildman–Crippen MR) is 106 cm³/mol. The Kier molecular flexibility index (Phi) is 7.22. The van der Waals surface area contributed by atoms with E-state index in [1.807, 2.05) is 33.8 Å². The highest BCUT2D eigenvalue weighted by molar-refractivity contribution is 9.10. The number of benzene rings is 1. The fourth-order valence-electron chi connectivity index (χ4n) is 2.12. The summed E-state index contributed by atoms with van der Waals surface area (Å²) in [6.07, 6.45) is 0.967. The second kappa shape index (κ2) is 8.96. The summed E-state index contributed by atoms with van der Waals surface area (Å²) >= 11 is 11.1. The van der Waals surface area contributed by atoms with E-state index in [0.29, 0.717) is 30.5 Å².